The number of carbonyl (C=O) groups is 1. The molecule has 0 fully saturated rings. The molecular formula is C35H34NO5P. The average Bonchev–Trinajstić information content (AvgIpc) is 3.17. The highest BCUT2D eigenvalue weighted by Gasteiger charge is 2.58. The standard InChI is InChI=1S/C35H34NO5P/c1-23-17-18-28-27(21-23)34(2,3)35(36(28)4)20-19-26-29(41-35)22-30(39-5)31(32(26)40-6)33(37)42(38,24-13-9-7-10-14-24)25-15-11-8-12-16-25/h7-22H,1-6H3. The summed E-state index contributed by atoms with van der Waals surface area (Å²) in [5, 5.41) is 0.882. The highest BCUT2D eigenvalue weighted by molar-refractivity contribution is 7.93. The predicted octanol–water partition coefficient (Wildman–Crippen LogP) is 6.70. The zero-order valence-corrected chi connectivity index (χ0v) is 25.6. The van der Waals surface area contributed by atoms with Gasteiger partial charge in [-0.3, -0.25) is 4.79 Å². The van der Waals surface area contributed by atoms with Gasteiger partial charge < -0.3 is 23.7 Å². The lowest BCUT2D eigenvalue weighted by atomic mass is 9.76. The fourth-order valence-electron chi connectivity index (χ4n) is 6.41. The number of likely N-dealkylation sites (N-methyl/N-ethyl adjacent to an activating group) is 1. The fourth-order valence-corrected chi connectivity index (χ4v) is 8.89. The van der Waals surface area contributed by atoms with Crippen LogP contribution in [0.25, 0.3) is 6.08 Å². The topological polar surface area (TPSA) is 65.1 Å². The first-order valence-corrected chi connectivity index (χ1v) is 15.6. The van der Waals surface area contributed by atoms with Crippen LogP contribution in [0.4, 0.5) is 5.69 Å². The van der Waals surface area contributed by atoms with Gasteiger partial charge in [0.15, 0.2) is 0 Å². The van der Waals surface area contributed by atoms with Crippen LogP contribution < -0.4 is 29.7 Å². The number of fused-ring (bicyclic) bond motifs is 2. The molecule has 0 bridgehead atoms. The largest absolute Gasteiger partial charge is 0.496 e. The second-order valence-electron chi connectivity index (χ2n) is 11.3. The minimum absolute atomic E-state index is 0.122. The van der Waals surface area contributed by atoms with Crippen molar-refractivity contribution in [1.29, 1.82) is 0 Å². The van der Waals surface area contributed by atoms with E-state index in [-0.39, 0.29) is 17.1 Å². The third kappa shape index (κ3) is 3.78. The molecule has 0 N–H and O–H groups in total. The van der Waals surface area contributed by atoms with Crippen molar-refractivity contribution >= 4 is 35.0 Å². The number of rotatable bonds is 6. The van der Waals surface area contributed by atoms with Gasteiger partial charge in [-0.25, -0.2) is 0 Å². The van der Waals surface area contributed by atoms with Crippen LogP contribution in [0.15, 0.2) is 91.0 Å². The van der Waals surface area contributed by atoms with Gasteiger partial charge >= 0.3 is 0 Å². The number of aryl methyl sites for hydroxylation is 1. The van der Waals surface area contributed by atoms with Gasteiger partial charge in [-0.2, -0.15) is 0 Å². The number of carbonyl (C=O) groups excluding carboxylic acids is 1. The van der Waals surface area contributed by atoms with Crippen LogP contribution in [0, 0.1) is 6.92 Å². The Bertz CT molecular complexity index is 1740. The van der Waals surface area contributed by atoms with E-state index in [0.717, 1.165) is 5.69 Å². The zero-order chi connectivity index (χ0) is 29.9. The summed E-state index contributed by atoms with van der Waals surface area (Å²) in [5.74, 6) is 1.01. The van der Waals surface area contributed by atoms with E-state index in [1.54, 1.807) is 54.6 Å². The van der Waals surface area contributed by atoms with Crippen LogP contribution in [-0.4, -0.2) is 32.5 Å². The summed E-state index contributed by atoms with van der Waals surface area (Å²) in [7, 11) is 1.20. The van der Waals surface area contributed by atoms with E-state index in [1.807, 2.05) is 31.3 Å². The summed E-state index contributed by atoms with van der Waals surface area (Å²) >= 11 is 0. The van der Waals surface area contributed by atoms with Gasteiger partial charge in [0.05, 0.1) is 25.2 Å². The number of anilines is 1. The number of hydrogen-bond acceptors (Lipinski definition) is 6. The van der Waals surface area contributed by atoms with E-state index in [0.29, 0.717) is 21.9 Å². The maximum absolute atomic E-state index is 15.0. The number of hydrogen-bond donors (Lipinski definition) is 0. The monoisotopic (exact) mass is 579 g/mol. The van der Waals surface area contributed by atoms with E-state index in [9.17, 15) is 9.36 Å². The Morgan fingerprint density at radius 1 is 0.881 bits per heavy atom. The second-order valence-corrected chi connectivity index (χ2v) is 14.0. The minimum Gasteiger partial charge on any atom is -0.496 e. The highest BCUT2D eigenvalue weighted by atomic mass is 31.2. The van der Waals surface area contributed by atoms with Crippen molar-refractivity contribution in [3.8, 4) is 17.2 Å². The van der Waals surface area contributed by atoms with E-state index in [1.165, 1.54) is 25.3 Å². The Labute approximate surface area is 246 Å². The molecule has 2 aliphatic heterocycles. The molecule has 42 heavy (non-hydrogen) atoms. The quantitative estimate of drug-likeness (QED) is 0.237. The van der Waals surface area contributed by atoms with E-state index < -0.39 is 23.8 Å². The molecule has 4 aromatic rings. The third-order valence-corrected chi connectivity index (χ3v) is 11.6. The third-order valence-electron chi connectivity index (χ3n) is 8.73. The molecular weight excluding hydrogens is 545 g/mol. The Kier molecular flexibility index (Phi) is 6.58. The van der Waals surface area contributed by atoms with E-state index >= 15 is 0 Å². The highest BCUT2D eigenvalue weighted by Crippen LogP contribution is 2.57. The zero-order valence-electron chi connectivity index (χ0n) is 24.7. The normalized spacial score (nSPS) is 18.3. The molecule has 0 amide bonds. The van der Waals surface area contributed by atoms with E-state index in [2.05, 4.69) is 43.9 Å². The smallest absolute Gasteiger partial charge is 0.237 e. The number of benzene rings is 4. The van der Waals surface area contributed by atoms with Gasteiger partial charge in [-0.05, 0) is 44.6 Å². The summed E-state index contributed by atoms with van der Waals surface area (Å²) < 4.78 is 33.6. The van der Waals surface area contributed by atoms with Crippen LogP contribution >= 0.6 is 7.14 Å². The minimum atomic E-state index is -3.83. The summed E-state index contributed by atoms with van der Waals surface area (Å²) in [4.78, 5) is 16.8. The van der Waals surface area contributed by atoms with Crippen molar-refractivity contribution in [2.45, 2.75) is 31.9 Å². The average molecular weight is 580 g/mol. The summed E-state index contributed by atoms with van der Waals surface area (Å²) in [6.07, 6.45) is 3.97. The summed E-state index contributed by atoms with van der Waals surface area (Å²) in [6.45, 7) is 6.44. The summed E-state index contributed by atoms with van der Waals surface area (Å²) in [6, 6.07) is 25.9. The van der Waals surface area contributed by atoms with Crippen LogP contribution in [0.3, 0.4) is 0 Å². The van der Waals surface area contributed by atoms with Crippen molar-refractivity contribution < 1.29 is 23.6 Å². The van der Waals surface area contributed by atoms with Crippen molar-refractivity contribution in [3.05, 3.63) is 113 Å². The molecule has 4 aromatic carbocycles. The van der Waals surface area contributed by atoms with Gasteiger partial charge in [0.1, 0.15) is 22.8 Å². The number of methoxy groups -OCH3 is 2. The van der Waals surface area contributed by atoms with Crippen molar-refractivity contribution in [1.82, 2.24) is 0 Å². The molecule has 1 spiro atoms. The molecule has 7 heteroatoms. The van der Waals surface area contributed by atoms with Crippen molar-refractivity contribution in [3.63, 3.8) is 0 Å². The van der Waals surface area contributed by atoms with Gasteiger partial charge in [0.2, 0.25) is 18.4 Å². The fraction of sp³-hybridized carbons (Fsp3) is 0.229. The molecule has 2 heterocycles. The first-order valence-electron chi connectivity index (χ1n) is 13.9. The number of nitrogens with zero attached hydrogens (tertiary/aromatic N) is 1. The Morgan fingerprint density at radius 2 is 1.50 bits per heavy atom. The molecule has 0 aromatic heterocycles. The molecule has 214 valence electrons. The van der Waals surface area contributed by atoms with Crippen molar-refractivity contribution in [2.75, 3.05) is 26.2 Å². The van der Waals surface area contributed by atoms with Crippen LogP contribution in [0.5, 0.6) is 17.2 Å². The van der Waals surface area contributed by atoms with Crippen molar-refractivity contribution in [2.24, 2.45) is 0 Å². The molecule has 6 nitrogen and oxygen atoms in total. The van der Waals surface area contributed by atoms with Gasteiger partial charge in [-0.15, -0.1) is 0 Å². The first-order chi connectivity index (χ1) is 20.1. The number of ether oxygens (including phenoxy) is 3. The molecule has 0 radical (unpaired) electrons. The van der Waals surface area contributed by atoms with Gasteiger partial charge in [0.25, 0.3) is 0 Å². The molecule has 6 rings (SSSR count). The van der Waals surface area contributed by atoms with Gasteiger partial charge in [-0.1, -0.05) is 78.4 Å². The van der Waals surface area contributed by atoms with Crippen LogP contribution in [-0.2, 0) is 9.98 Å². The lowest BCUT2D eigenvalue weighted by molar-refractivity contribution is 0.0575. The van der Waals surface area contributed by atoms with Crippen LogP contribution in [0.1, 0.15) is 40.9 Å². The lowest BCUT2D eigenvalue weighted by Gasteiger charge is -2.46. The Balaban J connectivity index is 1.53. The molecule has 1 unspecified atom stereocenters. The molecule has 1 atom stereocenters. The molecule has 2 aliphatic rings. The predicted molar refractivity (Wildman–Crippen MR) is 169 cm³/mol. The Morgan fingerprint density at radius 3 is 2.07 bits per heavy atom. The Hall–Kier alpha value is -4.28. The van der Waals surface area contributed by atoms with E-state index in [4.69, 9.17) is 14.2 Å². The SMILES string of the molecule is COc1cc2c(c(OC)c1C(=O)P(=O)(c1ccccc1)c1ccccc1)C=CC1(O2)N(C)c2ccc(C)cc2C1(C)C. The molecule has 0 aliphatic carbocycles. The maximum Gasteiger partial charge on any atom is 0.237 e. The molecule has 0 saturated heterocycles. The lowest BCUT2D eigenvalue weighted by Crippen LogP contribution is -2.58. The maximum atomic E-state index is 15.0. The second kappa shape index (κ2) is 9.92. The summed E-state index contributed by atoms with van der Waals surface area (Å²) in [5.41, 5.74) is 2.37. The molecule has 0 saturated carbocycles. The van der Waals surface area contributed by atoms with Gasteiger partial charge in [0, 0.05) is 29.4 Å². The van der Waals surface area contributed by atoms with Crippen LogP contribution in [0.2, 0.25) is 0 Å². The first kappa shape index (κ1) is 27.9.